The van der Waals surface area contributed by atoms with Crippen LogP contribution in [-0.4, -0.2) is 207 Å². The van der Waals surface area contributed by atoms with Gasteiger partial charge < -0.3 is 89.0 Å². The second-order valence-electron chi connectivity index (χ2n) is 23.7. The fraction of sp³-hybridized carbons (Fsp3) is 0.763. The minimum Gasteiger partial charge on any atom is -0.393 e. The SMILES string of the molecule is CC=C1NC(=O)C(C(C)C)NC(=O)C(O)C(C(C)CCCCCCCCCCC(O)CCC)NC(=O)C2CCCN2C(=O)C(CC(N)=O)N(C)C(=O)C(C(C)OC)NC(=O)C(C)NC(=O)C(CCC(N)=O)NC(=O)C(C(C)O)NC(=O)C(C(C)O)NC1=O. The number of primary amides is 2. The second-order valence-corrected chi connectivity index (χ2v) is 23.7. The van der Waals surface area contributed by atoms with Crippen molar-refractivity contribution in [2.45, 2.75) is 256 Å². The lowest BCUT2D eigenvalue weighted by atomic mass is 9.90. The van der Waals surface area contributed by atoms with Gasteiger partial charge in [-0.3, -0.25) is 57.5 Å². The van der Waals surface area contributed by atoms with E-state index in [0.29, 0.717) is 12.8 Å². The zero-order valence-corrected chi connectivity index (χ0v) is 53.2. The molecule has 2 aliphatic rings. The molecule has 2 heterocycles. The first-order valence-corrected chi connectivity index (χ1v) is 30.8. The number of amides is 12. The number of likely N-dealkylation sites (N-methyl/N-ethyl adjacent to an activating group) is 1. The first-order chi connectivity index (χ1) is 41.3. The molecule has 2 aliphatic heterocycles. The van der Waals surface area contributed by atoms with E-state index in [0.717, 1.165) is 93.9 Å². The minimum absolute atomic E-state index is 0.0470. The van der Waals surface area contributed by atoms with Crippen molar-refractivity contribution in [3.8, 4) is 0 Å². The number of carbonyl (C=O) groups excluding carboxylic acids is 12. The zero-order chi connectivity index (χ0) is 66.7. The number of ether oxygens (including phenoxy) is 1. The molecular formula is C59H102N12O17. The summed E-state index contributed by atoms with van der Waals surface area (Å²) in [4.78, 5) is 168. The van der Waals surface area contributed by atoms with Gasteiger partial charge >= 0.3 is 0 Å². The summed E-state index contributed by atoms with van der Waals surface area (Å²) in [5.74, 6) is -13.7. The Morgan fingerprint density at radius 1 is 0.648 bits per heavy atom. The van der Waals surface area contributed by atoms with Crippen LogP contribution >= 0.6 is 0 Å². The summed E-state index contributed by atoms with van der Waals surface area (Å²) in [7, 11) is 2.39. The Labute approximate surface area is 516 Å². The molecular weight excluding hydrogens is 1150 g/mol. The number of aliphatic hydroxyl groups is 4. The van der Waals surface area contributed by atoms with Crippen molar-refractivity contribution >= 4 is 70.9 Å². The highest BCUT2D eigenvalue weighted by molar-refractivity contribution is 6.03. The molecule has 2 saturated heterocycles. The predicted octanol–water partition coefficient (Wildman–Crippen LogP) is -2.10. The van der Waals surface area contributed by atoms with Gasteiger partial charge in [-0.25, -0.2) is 0 Å². The fourth-order valence-corrected chi connectivity index (χ4v) is 10.5. The summed E-state index contributed by atoms with van der Waals surface area (Å²) in [6.45, 7) is 13.0. The van der Waals surface area contributed by atoms with Crippen molar-refractivity contribution in [3.05, 3.63) is 11.8 Å². The third-order valence-corrected chi connectivity index (χ3v) is 16.1. The Bertz CT molecular complexity index is 2410. The summed E-state index contributed by atoms with van der Waals surface area (Å²) >= 11 is 0. The van der Waals surface area contributed by atoms with Crippen molar-refractivity contribution in [2.24, 2.45) is 23.3 Å². The van der Waals surface area contributed by atoms with Gasteiger partial charge in [-0.2, -0.15) is 0 Å². The van der Waals surface area contributed by atoms with Gasteiger partial charge in [-0.1, -0.05) is 91.6 Å². The highest BCUT2D eigenvalue weighted by Gasteiger charge is 2.45. The van der Waals surface area contributed by atoms with Crippen molar-refractivity contribution in [1.29, 1.82) is 0 Å². The fourth-order valence-electron chi connectivity index (χ4n) is 10.5. The highest BCUT2D eigenvalue weighted by Crippen LogP contribution is 2.25. The molecule has 29 nitrogen and oxygen atoms in total. The zero-order valence-electron chi connectivity index (χ0n) is 53.2. The van der Waals surface area contributed by atoms with Crippen LogP contribution in [0.5, 0.6) is 0 Å². The van der Waals surface area contributed by atoms with Crippen LogP contribution in [0.1, 0.15) is 171 Å². The van der Waals surface area contributed by atoms with Crippen LogP contribution in [0.3, 0.4) is 0 Å². The molecule has 0 aromatic heterocycles. The number of rotatable bonds is 24. The number of carbonyl (C=O) groups is 12. The maximum absolute atomic E-state index is 14.8. The summed E-state index contributed by atoms with van der Waals surface area (Å²) in [6, 6.07) is -14.4. The number of hydrogen-bond acceptors (Lipinski definition) is 17. The number of fused-ring (bicyclic) bond motifs is 1. The smallest absolute Gasteiger partial charge is 0.268 e. The predicted molar refractivity (Wildman–Crippen MR) is 322 cm³/mol. The average Bonchev–Trinajstić information content (AvgIpc) is 1.74. The van der Waals surface area contributed by atoms with Gasteiger partial charge in [-0.15, -0.1) is 0 Å². The largest absolute Gasteiger partial charge is 0.393 e. The van der Waals surface area contributed by atoms with E-state index < -0.39 is 186 Å². The van der Waals surface area contributed by atoms with Crippen molar-refractivity contribution < 1.29 is 82.7 Å². The number of methoxy groups -OCH3 is 1. The Hall–Kier alpha value is -6.82. The van der Waals surface area contributed by atoms with Gasteiger partial charge in [0.2, 0.25) is 59.1 Å². The van der Waals surface area contributed by atoms with Crippen LogP contribution in [0.25, 0.3) is 0 Å². The third kappa shape index (κ3) is 24.6. The van der Waals surface area contributed by atoms with Crippen molar-refractivity contribution in [1.82, 2.24) is 52.3 Å². The molecule has 16 N–H and O–H groups in total. The monoisotopic (exact) mass is 1250 g/mol. The van der Waals surface area contributed by atoms with Gasteiger partial charge in [0.15, 0.2) is 6.10 Å². The Morgan fingerprint density at radius 3 is 1.73 bits per heavy atom. The summed E-state index contributed by atoms with van der Waals surface area (Å²) in [5, 5.41) is 63.0. The van der Waals surface area contributed by atoms with Crippen LogP contribution in [0.2, 0.25) is 0 Å². The van der Waals surface area contributed by atoms with Crippen LogP contribution < -0.4 is 54.0 Å². The molecule has 0 aromatic rings. The Morgan fingerprint density at radius 2 is 1.19 bits per heavy atom. The molecule has 0 saturated carbocycles. The normalized spacial score (nSPS) is 27.2. The molecule has 0 bridgehead atoms. The van der Waals surface area contributed by atoms with Gasteiger partial charge in [0.25, 0.3) is 11.8 Å². The number of aliphatic hydroxyl groups excluding tert-OH is 4. The lowest BCUT2D eigenvalue weighted by Gasteiger charge is -2.36. The van der Waals surface area contributed by atoms with E-state index in [-0.39, 0.29) is 25.5 Å². The van der Waals surface area contributed by atoms with Crippen LogP contribution in [-0.2, 0) is 62.3 Å². The molecule has 29 heteroatoms. The van der Waals surface area contributed by atoms with Crippen molar-refractivity contribution in [3.63, 3.8) is 0 Å². The molecule has 12 amide bonds. The number of hydrogen-bond donors (Lipinski definition) is 14. The lowest BCUT2D eigenvalue weighted by molar-refractivity contribution is -0.151. The molecule has 2 fully saturated rings. The van der Waals surface area contributed by atoms with E-state index >= 15 is 0 Å². The molecule has 0 aliphatic carbocycles. The maximum atomic E-state index is 14.8. The van der Waals surface area contributed by atoms with Gasteiger partial charge in [0.1, 0.15) is 54.0 Å². The van der Waals surface area contributed by atoms with Crippen LogP contribution in [0.15, 0.2) is 11.8 Å². The summed E-state index contributed by atoms with van der Waals surface area (Å²) in [5.41, 5.74) is 10.6. The molecule has 2 rings (SSSR count). The number of nitrogens with one attached hydrogen (secondary N) is 8. The molecule has 500 valence electrons. The van der Waals surface area contributed by atoms with Crippen LogP contribution in [0.4, 0.5) is 0 Å². The van der Waals surface area contributed by atoms with E-state index in [4.69, 9.17) is 16.2 Å². The molecule has 0 aromatic carbocycles. The number of nitrogens with zero attached hydrogens (tertiary/aromatic N) is 2. The van der Waals surface area contributed by atoms with E-state index in [1.165, 1.54) is 34.9 Å². The van der Waals surface area contributed by atoms with E-state index in [2.05, 4.69) is 42.5 Å². The molecule has 0 spiro atoms. The standard InChI is InChI=1S/C59H102N12O17/c1-12-23-37(74)25-21-19-17-15-14-16-18-20-24-32(5)45-49(77)57(85)65-44(31(3)4)54(82)63-38(13-2)51(79)67-47(35(8)73)56(84)68-46(34(7)72)55(83)64-39(27-28-42(60)75)52(80)62-33(6)50(78)69-48(36(9)88-11)59(87)70(10)41(30-43(61)76)58(86)71-29-22-26-40(71)53(81)66-45/h13,31-37,39-41,44-49,72-74,77H,12,14-30H2,1-11H3,(H2,60,75)(H2,61,76)(H,62,80)(H,63,82)(H,64,83)(H,65,85)(H,66,81)(H,67,79)(H,68,84)(H,69,78). The van der Waals surface area contributed by atoms with Gasteiger partial charge in [-0.05, 0) is 85.0 Å². The molecule has 88 heavy (non-hydrogen) atoms. The Kier molecular flexibility index (Phi) is 33.9. The van der Waals surface area contributed by atoms with E-state index in [9.17, 15) is 78.0 Å². The van der Waals surface area contributed by atoms with E-state index in [1.807, 2.05) is 6.92 Å². The lowest BCUT2D eigenvalue weighted by Crippen LogP contribution is -2.63. The summed E-state index contributed by atoms with van der Waals surface area (Å²) < 4.78 is 5.44. The molecule has 15 unspecified atom stereocenters. The Balaban J connectivity index is 2.76. The van der Waals surface area contributed by atoms with Gasteiger partial charge in [0.05, 0.1) is 36.9 Å². The average molecular weight is 1250 g/mol. The van der Waals surface area contributed by atoms with E-state index in [1.54, 1.807) is 20.8 Å². The topological polar surface area (TPSA) is 450 Å². The van der Waals surface area contributed by atoms with Crippen molar-refractivity contribution in [2.75, 3.05) is 20.7 Å². The molecule has 0 radical (unpaired) electrons. The molecule has 15 atom stereocenters. The van der Waals surface area contributed by atoms with Crippen LogP contribution in [0, 0.1) is 11.8 Å². The van der Waals surface area contributed by atoms with Gasteiger partial charge in [0, 0.05) is 27.1 Å². The first kappa shape index (κ1) is 77.3. The third-order valence-electron chi connectivity index (χ3n) is 16.1. The number of nitrogens with two attached hydrogens (primary N) is 2. The summed E-state index contributed by atoms with van der Waals surface area (Å²) in [6.07, 6.45) is 2.94. The second kappa shape index (κ2) is 38.6. The number of unbranched alkanes of at least 4 members (excludes halogenated alkanes) is 7. The maximum Gasteiger partial charge on any atom is 0.268 e. The minimum atomic E-state index is -2.03. The number of allylic oxidation sites excluding steroid dienone is 1. The first-order valence-electron chi connectivity index (χ1n) is 30.8. The highest BCUT2D eigenvalue weighted by atomic mass is 16.5. The quantitative estimate of drug-likeness (QED) is 0.0364.